The molecule has 0 aromatic heterocycles. The predicted molar refractivity (Wildman–Crippen MR) is 116 cm³/mol. The molecule has 0 saturated carbocycles. The van der Waals surface area contributed by atoms with E-state index in [9.17, 15) is 19.1 Å². The van der Waals surface area contributed by atoms with Crippen LogP contribution >= 0.6 is 0 Å². The molecule has 1 amide bonds. The van der Waals surface area contributed by atoms with Gasteiger partial charge in [0.1, 0.15) is 24.3 Å². The van der Waals surface area contributed by atoms with Crippen molar-refractivity contribution >= 4 is 17.4 Å². The van der Waals surface area contributed by atoms with Gasteiger partial charge in [-0.15, -0.1) is 0 Å². The number of carbonyl (C=O) groups is 2. The van der Waals surface area contributed by atoms with Crippen molar-refractivity contribution in [2.45, 2.75) is 13.0 Å². The van der Waals surface area contributed by atoms with Gasteiger partial charge in [0.2, 0.25) is 5.91 Å². The van der Waals surface area contributed by atoms with E-state index in [1.807, 2.05) is 4.90 Å². The Morgan fingerprint density at radius 3 is 2.42 bits per heavy atom. The minimum atomic E-state index is -0.643. The summed E-state index contributed by atoms with van der Waals surface area (Å²) in [6.45, 7) is 5.27. The van der Waals surface area contributed by atoms with E-state index >= 15 is 0 Å². The number of carbonyl (C=O) groups excluding carboxylic acids is 2. The van der Waals surface area contributed by atoms with E-state index in [0.29, 0.717) is 36.6 Å². The van der Waals surface area contributed by atoms with Crippen LogP contribution in [0.5, 0.6) is 5.75 Å². The molecule has 1 aliphatic rings. The molecule has 0 radical (unpaired) electrons. The van der Waals surface area contributed by atoms with Crippen LogP contribution in [0.4, 0.5) is 10.1 Å². The summed E-state index contributed by atoms with van der Waals surface area (Å²) < 4.78 is 18.8. The summed E-state index contributed by atoms with van der Waals surface area (Å²) in [5.74, 6) is 0.0423. The van der Waals surface area contributed by atoms with Gasteiger partial charge < -0.3 is 15.2 Å². The third-order valence-corrected chi connectivity index (χ3v) is 5.11. The lowest BCUT2D eigenvalue weighted by Gasteiger charge is -2.35. The standard InChI is InChI=1S/C23H28FN3O4/c1-17(28)18-5-7-22(8-6-18)31-16-21(29)14-26-9-11-27(12-10-26)15-23(30)25-20-4-2-3-19(24)13-20/h2-8,13,21,29H,9-12,14-16H2,1H3,(H,25,30). The van der Waals surface area contributed by atoms with Gasteiger partial charge in [-0.1, -0.05) is 6.07 Å². The molecule has 1 unspecified atom stereocenters. The number of anilines is 1. The average molecular weight is 429 g/mol. The lowest BCUT2D eigenvalue weighted by atomic mass is 10.1. The summed E-state index contributed by atoms with van der Waals surface area (Å²) >= 11 is 0. The highest BCUT2D eigenvalue weighted by Gasteiger charge is 2.21. The molecule has 0 bridgehead atoms. The van der Waals surface area contributed by atoms with Crippen LogP contribution in [0.1, 0.15) is 17.3 Å². The molecule has 8 heteroatoms. The molecule has 1 fully saturated rings. The van der Waals surface area contributed by atoms with E-state index in [-0.39, 0.29) is 30.7 Å². The number of amides is 1. The molecule has 1 saturated heterocycles. The van der Waals surface area contributed by atoms with Crippen LogP contribution in [-0.2, 0) is 4.79 Å². The second-order valence-corrected chi connectivity index (χ2v) is 7.68. The second kappa shape index (κ2) is 11.0. The quantitative estimate of drug-likeness (QED) is 0.594. The molecule has 2 N–H and O–H groups in total. The number of rotatable bonds is 9. The number of aliphatic hydroxyl groups excluding tert-OH is 1. The second-order valence-electron chi connectivity index (χ2n) is 7.68. The zero-order valence-corrected chi connectivity index (χ0v) is 17.6. The van der Waals surface area contributed by atoms with Crippen molar-refractivity contribution in [1.82, 2.24) is 9.80 Å². The largest absolute Gasteiger partial charge is 0.491 e. The molecule has 1 atom stereocenters. The summed E-state index contributed by atoms with van der Waals surface area (Å²) in [4.78, 5) is 27.6. The maximum atomic E-state index is 13.2. The number of hydrogen-bond donors (Lipinski definition) is 2. The Labute approximate surface area is 181 Å². The minimum absolute atomic E-state index is 0.00262. The lowest BCUT2D eigenvalue weighted by molar-refractivity contribution is -0.117. The van der Waals surface area contributed by atoms with E-state index in [2.05, 4.69) is 10.2 Å². The summed E-state index contributed by atoms with van der Waals surface area (Å²) in [5, 5.41) is 13.0. The van der Waals surface area contributed by atoms with Crippen LogP contribution in [0, 0.1) is 5.82 Å². The third-order valence-electron chi connectivity index (χ3n) is 5.11. The fraction of sp³-hybridized carbons (Fsp3) is 0.391. The Hall–Kier alpha value is -2.81. The first-order valence-corrected chi connectivity index (χ1v) is 10.3. The van der Waals surface area contributed by atoms with Gasteiger partial charge in [0.25, 0.3) is 0 Å². The Bertz CT molecular complexity index is 883. The summed E-state index contributed by atoms with van der Waals surface area (Å²) in [7, 11) is 0. The monoisotopic (exact) mass is 429 g/mol. The van der Waals surface area contributed by atoms with Crippen molar-refractivity contribution in [2.75, 3.05) is 51.2 Å². The van der Waals surface area contributed by atoms with Crippen LogP contribution in [-0.4, -0.2) is 78.6 Å². The van der Waals surface area contributed by atoms with Crippen LogP contribution < -0.4 is 10.1 Å². The number of Topliss-reactive ketones (excluding diaryl/α,β-unsaturated/α-hetero) is 1. The van der Waals surface area contributed by atoms with E-state index in [4.69, 9.17) is 4.74 Å². The van der Waals surface area contributed by atoms with E-state index < -0.39 is 6.10 Å². The van der Waals surface area contributed by atoms with Crippen molar-refractivity contribution in [1.29, 1.82) is 0 Å². The van der Waals surface area contributed by atoms with E-state index in [1.165, 1.54) is 19.1 Å². The zero-order chi connectivity index (χ0) is 22.2. The average Bonchev–Trinajstić information content (AvgIpc) is 2.74. The summed E-state index contributed by atoms with van der Waals surface area (Å²) in [6.07, 6.45) is -0.643. The van der Waals surface area contributed by atoms with Crippen molar-refractivity contribution < 1.29 is 23.8 Å². The predicted octanol–water partition coefficient (Wildman–Crippen LogP) is 2.02. The Morgan fingerprint density at radius 1 is 1.10 bits per heavy atom. The third kappa shape index (κ3) is 7.43. The molecule has 1 aliphatic heterocycles. The molecule has 166 valence electrons. The number of β-amino-alcohol motifs (C(OH)–C–C–N with tert-alkyl or cyclic N) is 1. The van der Waals surface area contributed by atoms with Crippen LogP contribution in [0.25, 0.3) is 0 Å². The van der Waals surface area contributed by atoms with Gasteiger partial charge in [-0.05, 0) is 49.4 Å². The fourth-order valence-corrected chi connectivity index (χ4v) is 3.43. The molecular weight excluding hydrogens is 401 g/mol. The van der Waals surface area contributed by atoms with Crippen molar-refractivity contribution in [3.8, 4) is 5.75 Å². The molecule has 0 spiro atoms. The molecule has 2 aromatic rings. The Balaban J connectivity index is 1.34. The number of hydrogen-bond acceptors (Lipinski definition) is 6. The molecular formula is C23H28FN3O4. The smallest absolute Gasteiger partial charge is 0.238 e. The molecule has 0 aliphatic carbocycles. The maximum absolute atomic E-state index is 13.2. The van der Waals surface area contributed by atoms with Gasteiger partial charge in [0.05, 0.1) is 6.54 Å². The molecule has 3 rings (SSSR count). The number of nitrogens with one attached hydrogen (secondary N) is 1. The molecule has 7 nitrogen and oxygen atoms in total. The number of benzene rings is 2. The van der Waals surface area contributed by atoms with Crippen molar-refractivity contribution in [3.05, 3.63) is 59.9 Å². The van der Waals surface area contributed by atoms with E-state index in [0.717, 1.165) is 13.1 Å². The molecule has 2 aromatic carbocycles. The molecule has 1 heterocycles. The van der Waals surface area contributed by atoms with Crippen LogP contribution in [0.15, 0.2) is 48.5 Å². The van der Waals surface area contributed by atoms with Crippen LogP contribution in [0.2, 0.25) is 0 Å². The Kier molecular flexibility index (Phi) is 8.11. The summed E-state index contributed by atoms with van der Waals surface area (Å²) in [6, 6.07) is 12.7. The zero-order valence-electron chi connectivity index (χ0n) is 17.6. The highest BCUT2D eigenvalue weighted by molar-refractivity contribution is 5.94. The summed E-state index contributed by atoms with van der Waals surface area (Å²) in [5.41, 5.74) is 1.07. The van der Waals surface area contributed by atoms with Gasteiger partial charge in [-0.3, -0.25) is 19.4 Å². The first-order valence-electron chi connectivity index (χ1n) is 10.3. The Morgan fingerprint density at radius 2 is 1.77 bits per heavy atom. The normalized spacial score (nSPS) is 16.0. The van der Waals surface area contributed by atoms with Crippen molar-refractivity contribution in [3.63, 3.8) is 0 Å². The van der Waals surface area contributed by atoms with Gasteiger partial charge in [0.15, 0.2) is 5.78 Å². The number of ketones is 1. The lowest BCUT2D eigenvalue weighted by Crippen LogP contribution is -2.50. The van der Waals surface area contributed by atoms with Gasteiger partial charge >= 0.3 is 0 Å². The van der Waals surface area contributed by atoms with Gasteiger partial charge in [-0.25, -0.2) is 4.39 Å². The SMILES string of the molecule is CC(=O)c1ccc(OCC(O)CN2CCN(CC(=O)Nc3cccc(F)c3)CC2)cc1. The fourth-order valence-electron chi connectivity index (χ4n) is 3.43. The minimum Gasteiger partial charge on any atom is -0.491 e. The van der Waals surface area contributed by atoms with Crippen LogP contribution in [0.3, 0.4) is 0 Å². The highest BCUT2D eigenvalue weighted by atomic mass is 19.1. The highest BCUT2D eigenvalue weighted by Crippen LogP contribution is 2.13. The van der Waals surface area contributed by atoms with E-state index in [1.54, 1.807) is 36.4 Å². The van der Waals surface area contributed by atoms with Gasteiger partial charge in [0, 0.05) is 44.0 Å². The topological polar surface area (TPSA) is 82.1 Å². The number of piperazine rings is 1. The van der Waals surface area contributed by atoms with Crippen molar-refractivity contribution in [2.24, 2.45) is 0 Å². The number of nitrogens with zero attached hydrogens (tertiary/aromatic N) is 2. The first-order chi connectivity index (χ1) is 14.9. The number of ether oxygens (including phenoxy) is 1. The first kappa shape index (κ1) is 22.9. The number of halogens is 1. The number of aliphatic hydroxyl groups is 1. The van der Waals surface area contributed by atoms with Gasteiger partial charge in [-0.2, -0.15) is 0 Å². The maximum Gasteiger partial charge on any atom is 0.238 e. The molecule has 31 heavy (non-hydrogen) atoms.